The second-order valence-electron chi connectivity index (χ2n) is 8.01. The van der Waals surface area contributed by atoms with Crippen LogP contribution >= 0.6 is 11.3 Å². The average Bonchev–Trinajstić information content (AvgIpc) is 3.37. The van der Waals surface area contributed by atoms with Gasteiger partial charge >= 0.3 is 5.00 Å². The Morgan fingerprint density at radius 1 is 0.917 bits per heavy atom. The van der Waals surface area contributed by atoms with Gasteiger partial charge in [0.2, 0.25) is 0 Å². The van der Waals surface area contributed by atoms with E-state index in [-0.39, 0.29) is 10.6 Å². The Labute approximate surface area is 211 Å². The van der Waals surface area contributed by atoms with Crippen molar-refractivity contribution < 1.29 is 4.92 Å². The Bertz CT molecular complexity index is 1760. The van der Waals surface area contributed by atoms with Gasteiger partial charge in [-0.1, -0.05) is 53.5 Å². The molecule has 2 aromatic heterocycles. The van der Waals surface area contributed by atoms with Crippen molar-refractivity contribution in [1.82, 2.24) is 9.55 Å². The molecule has 6 nitrogen and oxygen atoms in total. The highest BCUT2D eigenvalue weighted by Crippen LogP contribution is 2.26. The summed E-state index contributed by atoms with van der Waals surface area (Å²) in [7, 11) is 0. The fourth-order valence-corrected chi connectivity index (χ4v) is 4.56. The molecule has 174 valence electrons. The lowest BCUT2D eigenvalue weighted by molar-refractivity contribution is -0.380. The van der Waals surface area contributed by atoms with Crippen molar-refractivity contribution in [2.75, 3.05) is 0 Å². The van der Waals surface area contributed by atoms with E-state index in [2.05, 4.69) is 11.8 Å². The number of fused-ring (bicyclic) bond motifs is 1. The van der Waals surface area contributed by atoms with Crippen LogP contribution < -0.4 is 5.56 Å². The lowest BCUT2D eigenvalue weighted by Gasteiger charge is -2.14. The third-order valence-corrected chi connectivity index (χ3v) is 6.56. The number of nitro groups is 1. The van der Waals surface area contributed by atoms with Gasteiger partial charge in [-0.3, -0.25) is 19.5 Å². The molecule has 0 atom stereocenters. The van der Waals surface area contributed by atoms with Gasteiger partial charge < -0.3 is 0 Å². The molecule has 7 heteroatoms. The number of hydrogen-bond acceptors (Lipinski definition) is 5. The van der Waals surface area contributed by atoms with E-state index < -0.39 is 4.92 Å². The van der Waals surface area contributed by atoms with Crippen LogP contribution in [0.3, 0.4) is 0 Å². The van der Waals surface area contributed by atoms with Crippen molar-refractivity contribution in [3.8, 4) is 17.5 Å². The number of aryl methyl sites for hydroxylation is 1. The van der Waals surface area contributed by atoms with Gasteiger partial charge in [-0.05, 0) is 73.2 Å². The molecule has 0 bridgehead atoms. The van der Waals surface area contributed by atoms with Crippen LogP contribution in [0.2, 0.25) is 0 Å². The summed E-state index contributed by atoms with van der Waals surface area (Å²) < 4.78 is 1.57. The molecule has 0 unspecified atom stereocenters. The molecule has 0 amide bonds. The molecule has 0 aliphatic rings. The smallest absolute Gasteiger partial charge is 0.268 e. The first kappa shape index (κ1) is 23.0. The summed E-state index contributed by atoms with van der Waals surface area (Å²) in [5.74, 6) is 6.76. The lowest BCUT2D eigenvalue weighted by Crippen LogP contribution is -2.23. The summed E-state index contributed by atoms with van der Waals surface area (Å²) in [6, 6.07) is 25.8. The van der Waals surface area contributed by atoms with Gasteiger partial charge in [0.25, 0.3) is 5.56 Å². The maximum atomic E-state index is 13.6. The van der Waals surface area contributed by atoms with Crippen molar-refractivity contribution in [1.29, 1.82) is 0 Å². The Morgan fingerprint density at radius 2 is 1.67 bits per heavy atom. The highest BCUT2D eigenvalue weighted by molar-refractivity contribution is 7.16. The minimum absolute atomic E-state index is 0.0570. The van der Waals surface area contributed by atoms with Gasteiger partial charge in [-0.2, -0.15) is 0 Å². The van der Waals surface area contributed by atoms with Crippen LogP contribution in [0, 0.1) is 28.9 Å². The number of benzene rings is 3. The molecule has 5 aromatic rings. The largest absolute Gasteiger partial charge is 0.324 e. The van der Waals surface area contributed by atoms with Gasteiger partial charge in [-0.15, -0.1) is 0 Å². The lowest BCUT2D eigenvalue weighted by atomic mass is 10.1. The highest BCUT2D eigenvalue weighted by Gasteiger charge is 2.14. The minimum Gasteiger partial charge on any atom is -0.268 e. The summed E-state index contributed by atoms with van der Waals surface area (Å²) in [4.78, 5) is 29.6. The monoisotopic (exact) mass is 489 g/mol. The van der Waals surface area contributed by atoms with Crippen LogP contribution in [0.15, 0.2) is 89.7 Å². The number of hydrogen-bond donors (Lipinski definition) is 0. The van der Waals surface area contributed by atoms with Crippen molar-refractivity contribution in [3.05, 3.63) is 133 Å². The molecule has 0 aliphatic heterocycles. The zero-order chi connectivity index (χ0) is 25.1. The normalized spacial score (nSPS) is 10.9. The Kier molecular flexibility index (Phi) is 6.27. The van der Waals surface area contributed by atoms with E-state index in [1.807, 2.05) is 67.6 Å². The van der Waals surface area contributed by atoms with Crippen LogP contribution in [0.4, 0.5) is 5.00 Å². The fourth-order valence-electron chi connectivity index (χ4n) is 3.83. The van der Waals surface area contributed by atoms with E-state index in [1.54, 1.807) is 34.9 Å². The first-order valence-corrected chi connectivity index (χ1v) is 11.9. The number of para-hydroxylation sites is 1. The average molecular weight is 490 g/mol. The second-order valence-corrected chi connectivity index (χ2v) is 9.11. The zero-order valence-corrected chi connectivity index (χ0v) is 20.0. The number of aromatic nitrogens is 2. The van der Waals surface area contributed by atoms with Gasteiger partial charge in [0.05, 0.1) is 21.5 Å². The molecule has 0 fully saturated rings. The molecule has 0 spiro atoms. The van der Waals surface area contributed by atoms with Crippen molar-refractivity contribution in [3.63, 3.8) is 0 Å². The van der Waals surface area contributed by atoms with E-state index >= 15 is 0 Å². The molecule has 0 aliphatic carbocycles. The third kappa shape index (κ3) is 4.71. The zero-order valence-electron chi connectivity index (χ0n) is 19.2. The summed E-state index contributed by atoms with van der Waals surface area (Å²) in [6.07, 6.45) is 3.45. The van der Waals surface area contributed by atoms with Crippen LogP contribution in [0.5, 0.6) is 0 Å². The summed E-state index contributed by atoms with van der Waals surface area (Å²) >= 11 is 1.06. The van der Waals surface area contributed by atoms with E-state index in [0.29, 0.717) is 27.3 Å². The first-order valence-electron chi connectivity index (χ1n) is 11.1. The maximum Gasteiger partial charge on any atom is 0.324 e. The topological polar surface area (TPSA) is 78.0 Å². The van der Waals surface area contributed by atoms with E-state index in [0.717, 1.165) is 28.0 Å². The van der Waals surface area contributed by atoms with Gasteiger partial charge in [-0.25, -0.2) is 4.98 Å². The Balaban J connectivity index is 1.60. The predicted octanol–water partition coefficient (Wildman–Crippen LogP) is 6.23. The molecule has 0 radical (unpaired) electrons. The number of nitrogens with zero attached hydrogens (tertiary/aromatic N) is 3. The fraction of sp³-hybridized carbons (Fsp3) is 0.0345. The molecular formula is C29H19N3O3S. The molecule has 0 N–H and O–H groups in total. The summed E-state index contributed by atoms with van der Waals surface area (Å²) in [5.41, 5.74) is 3.72. The second kappa shape index (κ2) is 9.82. The standard InChI is InChI=1S/C29H19N3O3S/c1-20-19-22(12-11-21-7-3-2-4-8-21)13-16-26(20)31-27(17-14-23-15-18-28(36-23)32(34)35)30-25-10-6-5-9-24(25)29(31)33/h2-10,13-19H,1H3/b17-14+. The predicted molar refractivity (Wildman–Crippen MR) is 144 cm³/mol. The van der Waals surface area contributed by atoms with Gasteiger partial charge in [0.15, 0.2) is 0 Å². The van der Waals surface area contributed by atoms with Crippen molar-refractivity contribution >= 4 is 39.4 Å². The van der Waals surface area contributed by atoms with Crippen LogP contribution in [-0.2, 0) is 0 Å². The minimum atomic E-state index is -0.419. The van der Waals surface area contributed by atoms with Crippen molar-refractivity contribution in [2.24, 2.45) is 0 Å². The number of thiophene rings is 1. The van der Waals surface area contributed by atoms with Gasteiger partial charge in [0, 0.05) is 22.1 Å². The highest BCUT2D eigenvalue weighted by atomic mass is 32.1. The summed E-state index contributed by atoms with van der Waals surface area (Å²) in [6.45, 7) is 1.93. The Hall–Kier alpha value is -4.80. The van der Waals surface area contributed by atoms with Crippen LogP contribution in [0.25, 0.3) is 28.7 Å². The molecule has 5 rings (SSSR count). The van der Waals surface area contributed by atoms with Crippen LogP contribution in [0.1, 0.15) is 27.4 Å². The first-order chi connectivity index (χ1) is 17.5. The van der Waals surface area contributed by atoms with E-state index in [4.69, 9.17) is 4.98 Å². The summed E-state index contributed by atoms with van der Waals surface area (Å²) in [5, 5.41) is 11.6. The quantitative estimate of drug-likeness (QED) is 0.170. The molecule has 3 aromatic carbocycles. The van der Waals surface area contributed by atoms with Gasteiger partial charge in [0.1, 0.15) is 5.82 Å². The van der Waals surface area contributed by atoms with E-state index in [9.17, 15) is 14.9 Å². The number of rotatable bonds is 4. The third-order valence-electron chi connectivity index (χ3n) is 5.55. The Morgan fingerprint density at radius 3 is 2.42 bits per heavy atom. The molecule has 2 heterocycles. The van der Waals surface area contributed by atoms with Crippen LogP contribution in [-0.4, -0.2) is 14.5 Å². The molecule has 36 heavy (non-hydrogen) atoms. The SMILES string of the molecule is Cc1cc(C#Cc2ccccc2)ccc1-n1c(/C=C/c2ccc([N+](=O)[O-])s2)nc2ccccc2c1=O. The van der Waals surface area contributed by atoms with E-state index in [1.165, 1.54) is 6.07 Å². The molecule has 0 saturated heterocycles. The molecule has 0 saturated carbocycles. The van der Waals surface area contributed by atoms with Crippen molar-refractivity contribution in [2.45, 2.75) is 6.92 Å². The molecular weight excluding hydrogens is 470 g/mol. The maximum absolute atomic E-state index is 13.6.